The van der Waals surface area contributed by atoms with Crippen LogP contribution >= 0.6 is 0 Å². The Morgan fingerprint density at radius 1 is 0.947 bits per heavy atom. The first kappa shape index (κ1) is 10.6. The monoisotopic (exact) mass is 247 g/mol. The average Bonchev–Trinajstić information content (AvgIpc) is 3.02. The third-order valence-electron chi connectivity index (χ3n) is 3.59. The molecule has 0 bridgehead atoms. The van der Waals surface area contributed by atoms with Gasteiger partial charge in [-0.15, -0.1) is 0 Å². The predicted octanol–water partition coefficient (Wildman–Crippen LogP) is 3.87. The molecule has 0 radical (unpaired) electrons. The van der Waals surface area contributed by atoms with Gasteiger partial charge in [0.05, 0.1) is 0 Å². The zero-order chi connectivity index (χ0) is 12.8. The lowest BCUT2D eigenvalue weighted by molar-refractivity contribution is 0.668. The highest BCUT2D eigenvalue weighted by Gasteiger charge is 2.14. The van der Waals surface area contributed by atoms with Gasteiger partial charge in [0.2, 0.25) is 0 Å². The molecule has 1 heterocycles. The van der Waals surface area contributed by atoms with Crippen LogP contribution in [0.25, 0.3) is 27.5 Å². The average molecular weight is 247 g/mol. The molecule has 0 aliphatic heterocycles. The molecule has 2 heteroatoms. The number of allylic oxidation sites excluding steroid dienone is 2. The molecule has 2 nitrogen and oxygen atoms in total. The number of benzene rings is 2. The highest BCUT2D eigenvalue weighted by molar-refractivity contribution is 6.08. The van der Waals surface area contributed by atoms with Gasteiger partial charge in [-0.1, -0.05) is 54.6 Å². The summed E-state index contributed by atoms with van der Waals surface area (Å²) < 4.78 is 6.02. The summed E-state index contributed by atoms with van der Waals surface area (Å²) in [5.74, 6) is 0. The number of nitrogens with two attached hydrogens (primary N) is 1. The number of fused-ring (bicyclic) bond motifs is 3. The van der Waals surface area contributed by atoms with E-state index in [1.54, 1.807) is 0 Å². The van der Waals surface area contributed by atoms with E-state index < -0.39 is 0 Å². The Morgan fingerprint density at radius 2 is 1.79 bits per heavy atom. The van der Waals surface area contributed by atoms with Gasteiger partial charge in [-0.05, 0) is 11.6 Å². The molecule has 2 N–H and O–H groups in total. The minimum atomic E-state index is 0.00892. The lowest BCUT2D eigenvalue weighted by atomic mass is 10.0. The second kappa shape index (κ2) is 3.84. The van der Waals surface area contributed by atoms with E-state index in [4.69, 9.17) is 10.2 Å². The summed E-state index contributed by atoms with van der Waals surface area (Å²) >= 11 is 0. The van der Waals surface area contributed by atoms with E-state index in [2.05, 4.69) is 36.4 Å². The van der Waals surface area contributed by atoms with Gasteiger partial charge in [0.25, 0.3) is 0 Å². The Labute approximate surface area is 110 Å². The fourth-order valence-corrected chi connectivity index (χ4v) is 2.69. The van der Waals surface area contributed by atoms with E-state index in [9.17, 15) is 0 Å². The maximum atomic E-state index is 6.02. The lowest BCUT2D eigenvalue weighted by Gasteiger charge is -2.01. The van der Waals surface area contributed by atoms with Crippen LogP contribution in [0, 0.1) is 0 Å². The van der Waals surface area contributed by atoms with Crippen molar-refractivity contribution < 1.29 is 4.42 Å². The van der Waals surface area contributed by atoms with E-state index in [-0.39, 0.29) is 6.04 Å². The molecule has 4 rings (SSSR count). The lowest BCUT2D eigenvalue weighted by Crippen LogP contribution is -2.10. The fraction of sp³-hybridized carbons (Fsp3) is 0.0588. The first-order valence-corrected chi connectivity index (χ1v) is 6.39. The van der Waals surface area contributed by atoms with E-state index >= 15 is 0 Å². The first-order valence-electron chi connectivity index (χ1n) is 6.39. The van der Waals surface area contributed by atoms with Crippen LogP contribution in [0.2, 0.25) is 0 Å². The minimum absolute atomic E-state index is 0.00892. The molecular weight excluding hydrogens is 234 g/mol. The number of para-hydroxylation sites is 2. The molecular formula is C17H13NO. The Kier molecular flexibility index (Phi) is 2.14. The molecule has 0 fully saturated rings. The second-order valence-electron chi connectivity index (χ2n) is 4.84. The van der Waals surface area contributed by atoms with Crippen LogP contribution in [0.5, 0.6) is 0 Å². The molecule has 0 saturated heterocycles. The van der Waals surface area contributed by atoms with Crippen LogP contribution in [-0.4, -0.2) is 6.04 Å². The summed E-state index contributed by atoms with van der Waals surface area (Å²) in [4.78, 5) is 0. The van der Waals surface area contributed by atoms with Crippen LogP contribution in [0.3, 0.4) is 0 Å². The van der Waals surface area contributed by atoms with Crippen LogP contribution in [0.4, 0.5) is 0 Å². The molecule has 0 spiro atoms. The van der Waals surface area contributed by atoms with Gasteiger partial charge in [0.1, 0.15) is 11.2 Å². The topological polar surface area (TPSA) is 39.2 Å². The number of furan rings is 1. The summed E-state index contributed by atoms with van der Waals surface area (Å²) in [7, 11) is 0. The molecule has 1 unspecified atom stereocenters. The Morgan fingerprint density at radius 3 is 2.63 bits per heavy atom. The van der Waals surface area contributed by atoms with Crippen molar-refractivity contribution in [2.45, 2.75) is 6.04 Å². The molecule has 1 aromatic heterocycles. The third-order valence-corrected chi connectivity index (χ3v) is 3.59. The normalized spacial score (nSPS) is 18.4. The van der Waals surface area contributed by atoms with Crippen LogP contribution < -0.4 is 5.73 Å². The van der Waals surface area contributed by atoms with Crippen LogP contribution in [0.1, 0.15) is 5.56 Å². The molecule has 0 amide bonds. The minimum Gasteiger partial charge on any atom is -0.455 e. The quantitative estimate of drug-likeness (QED) is 0.709. The van der Waals surface area contributed by atoms with Crippen molar-refractivity contribution >= 4 is 27.5 Å². The van der Waals surface area contributed by atoms with Gasteiger partial charge in [-0.2, -0.15) is 0 Å². The fourth-order valence-electron chi connectivity index (χ4n) is 2.69. The zero-order valence-corrected chi connectivity index (χ0v) is 10.3. The third kappa shape index (κ3) is 1.54. The van der Waals surface area contributed by atoms with E-state index in [0.717, 1.165) is 33.1 Å². The van der Waals surface area contributed by atoms with Crippen LogP contribution in [-0.2, 0) is 0 Å². The number of rotatable bonds is 1. The van der Waals surface area contributed by atoms with Crippen LogP contribution in [0.15, 0.2) is 65.1 Å². The van der Waals surface area contributed by atoms with Gasteiger partial charge >= 0.3 is 0 Å². The summed E-state index contributed by atoms with van der Waals surface area (Å²) in [5, 5.41) is 2.31. The number of hydrogen-bond acceptors (Lipinski definition) is 2. The molecule has 2 aromatic carbocycles. The molecule has 92 valence electrons. The van der Waals surface area contributed by atoms with E-state index in [0.29, 0.717) is 0 Å². The Balaban J connectivity index is 2.07. The van der Waals surface area contributed by atoms with E-state index in [1.807, 2.05) is 24.3 Å². The van der Waals surface area contributed by atoms with Crippen molar-refractivity contribution in [2.24, 2.45) is 5.73 Å². The number of hydrogen-bond donors (Lipinski definition) is 1. The van der Waals surface area contributed by atoms with Gasteiger partial charge in [-0.3, -0.25) is 0 Å². The SMILES string of the molecule is NC1C=CC(c2cccc3c2oc2ccccc23)=C1. The van der Waals surface area contributed by atoms with Crippen molar-refractivity contribution in [3.63, 3.8) is 0 Å². The first-order chi connectivity index (χ1) is 9.33. The molecule has 1 aliphatic rings. The summed E-state index contributed by atoms with van der Waals surface area (Å²) in [5.41, 5.74) is 10.00. The van der Waals surface area contributed by atoms with Gasteiger partial charge in [0.15, 0.2) is 0 Å². The summed E-state index contributed by atoms with van der Waals surface area (Å²) in [6.45, 7) is 0. The highest BCUT2D eigenvalue weighted by atomic mass is 16.3. The molecule has 19 heavy (non-hydrogen) atoms. The molecule has 1 aliphatic carbocycles. The predicted molar refractivity (Wildman–Crippen MR) is 78.8 cm³/mol. The van der Waals surface area contributed by atoms with Gasteiger partial charge < -0.3 is 10.2 Å². The van der Waals surface area contributed by atoms with Gasteiger partial charge in [0, 0.05) is 22.4 Å². The molecule has 3 aromatic rings. The molecule has 1 atom stereocenters. The second-order valence-corrected chi connectivity index (χ2v) is 4.84. The van der Waals surface area contributed by atoms with Crippen molar-refractivity contribution in [2.75, 3.05) is 0 Å². The smallest absolute Gasteiger partial charge is 0.143 e. The maximum absolute atomic E-state index is 6.02. The van der Waals surface area contributed by atoms with Gasteiger partial charge in [-0.25, -0.2) is 0 Å². The van der Waals surface area contributed by atoms with Crippen molar-refractivity contribution in [3.05, 3.63) is 66.3 Å². The van der Waals surface area contributed by atoms with Crippen molar-refractivity contribution in [1.82, 2.24) is 0 Å². The summed E-state index contributed by atoms with van der Waals surface area (Å²) in [6.07, 6.45) is 6.12. The largest absolute Gasteiger partial charge is 0.455 e. The highest BCUT2D eigenvalue weighted by Crippen LogP contribution is 2.34. The Hall–Kier alpha value is -2.32. The maximum Gasteiger partial charge on any atom is 0.143 e. The Bertz CT molecular complexity index is 839. The standard InChI is InChI=1S/C17H13NO/c18-12-9-8-11(10-12)13-5-3-6-15-14-4-1-2-7-16(14)19-17(13)15/h1-10,12H,18H2. The van der Waals surface area contributed by atoms with Crippen molar-refractivity contribution in [1.29, 1.82) is 0 Å². The molecule has 0 saturated carbocycles. The van der Waals surface area contributed by atoms with Crippen molar-refractivity contribution in [3.8, 4) is 0 Å². The van der Waals surface area contributed by atoms with E-state index in [1.165, 1.54) is 0 Å². The summed E-state index contributed by atoms with van der Waals surface area (Å²) in [6, 6.07) is 14.4. The zero-order valence-electron chi connectivity index (χ0n) is 10.3.